The molecule has 2 rings (SSSR count). The predicted molar refractivity (Wildman–Crippen MR) is 109 cm³/mol. The number of hydrogen-bond donors (Lipinski definition) is 1. The molecule has 0 spiro atoms. The first-order chi connectivity index (χ1) is 13.0. The molecule has 2 aromatic carbocycles. The summed E-state index contributed by atoms with van der Waals surface area (Å²) in [6, 6.07) is 14.9. The third-order valence-corrected chi connectivity index (χ3v) is 4.38. The largest absolute Gasteiger partial charge is 0.492 e. The number of ether oxygens (including phenoxy) is 2. The maximum Gasteiger partial charge on any atom is 0.331 e. The topological polar surface area (TPSA) is 64.6 Å². The molecule has 0 saturated heterocycles. The Morgan fingerprint density at radius 3 is 2.52 bits per heavy atom. The Morgan fingerprint density at radius 2 is 1.85 bits per heavy atom. The van der Waals surface area contributed by atoms with Crippen LogP contribution < -0.4 is 10.1 Å². The van der Waals surface area contributed by atoms with Crippen molar-refractivity contribution < 1.29 is 19.1 Å². The summed E-state index contributed by atoms with van der Waals surface area (Å²) in [6.07, 6.45) is 4.03. The number of amides is 1. The molecule has 0 aliphatic heterocycles. The molecule has 2 aromatic rings. The van der Waals surface area contributed by atoms with E-state index in [4.69, 9.17) is 9.47 Å². The highest BCUT2D eigenvalue weighted by atomic mass is 32.2. The molecule has 0 radical (unpaired) electrons. The molecule has 1 N–H and O–H groups in total. The summed E-state index contributed by atoms with van der Waals surface area (Å²) in [6.45, 7) is 3.88. The van der Waals surface area contributed by atoms with E-state index < -0.39 is 18.0 Å². The highest BCUT2D eigenvalue weighted by Gasteiger charge is 2.18. The van der Waals surface area contributed by atoms with Crippen LogP contribution in [0.5, 0.6) is 5.75 Å². The first-order valence-corrected chi connectivity index (χ1v) is 9.81. The number of carbonyl (C=O) groups is 2. The zero-order chi connectivity index (χ0) is 19.6. The number of rotatable bonds is 8. The number of anilines is 1. The lowest BCUT2D eigenvalue weighted by molar-refractivity contribution is -0.148. The van der Waals surface area contributed by atoms with Gasteiger partial charge in [0.2, 0.25) is 0 Å². The summed E-state index contributed by atoms with van der Waals surface area (Å²) in [5.74, 6) is -0.432. The van der Waals surface area contributed by atoms with Crippen molar-refractivity contribution in [3.63, 3.8) is 0 Å². The summed E-state index contributed by atoms with van der Waals surface area (Å²) < 4.78 is 10.6. The number of para-hydroxylation sites is 2. The summed E-state index contributed by atoms with van der Waals surface area (Å²) in [5, 5.41) is 2.72. The van der Waals surface area contributed by atoms with Crippen LogP contribution >= 0.6 is 11.8 Å². The number of benzene rings is 2. The SMILES string of the molecule is CCOc1ccccc1NC(=O)[C@@H](C)OC(=O)/C=C/c1ccc(SC)cc1. The molecule has 1 amide bonds. The number of thioether (sulfide) groups is 1. The normalized spacial score (nSPS) is 11.8. The number of esters is 1. The Morgan fingerprint density at radius 1 is 1.15 bits per heavy atom. The molecule has 0 heterocycles. The quantitative estimate of drug-likeness (QED) is 0.415. The molecule has 0 bridgehead atoms. The van der Waals surface area contributed by atoms with E-state index in [2.05, 4.69) is 5.32 Å². The van der Waals surface area contributed by atoms with E-state index in [-0.39, 0.29) is 0 Å². The number of hydrogen-bond acceptors (Lipinski definition) is 5. The minimum Gasteiger partial charge on any atom is -0.492 e. The van der Waals surface area contributed by atoms with Crippen LogP contribution in [-0.2, 0) is 14.3 Å². The monoisotopic (exact) mass is 385 g/mol. The first kappa shape index (κ1) is 20.6. The smallest absolute Gasteiger partial charge is 0.331 e. The Hall–Kier alpha value is -2.73. The number of carbonyl (C=O) groups excluding carboxylic acids is 2. The van der Waals surface area contributed by atoms with E-state index in [1.54, 1.807) is 36.0 Å². The van der Waals surface area contributed by atoms with Crippen molar-refractivity contribution in [2.75, 3.05) is 18.2 Å². The van der Waals surface area contributed by atoms with Crippen molar-refractivity contribution in [1.29, 1.82) is 0 Å². The van der Waals surface area contributed by atoms with E-state index in [1.165, 1.54) is 13.0 Å². The summed E-state index contributed by atoms with van der Waals surface area (Å²) in [4.78, 5) is 25.4. The van der Waals surface area contributed by atoms with E-state index >= 15 is 0 Å². The van der Waals surface area contributed by atoms with Crippen molar-refractivity contribution in [1.82, 2.24) is 0 Å². The Bertz CT molecular complexity index is 802. The maximum absolute atomic E-state index is 12.3. The highest BCUT2D eigenvalue weighted by molar-refractivity contribution is 7.98. The highest BCUT2D eigenvalue weighted by Crippen LogP contribution is 2.24. The fourth-order valence-electron chi connectivity index (χ4n) is 2.23. The minimum atomic E-state index is -0.935. The van der Waals surface area contributed by atoms with Crippen molar-refractivity contribution in [2.45, 2.75) is 24.8 Å². The molecule has 5 nitrogen and oxygen atoms in total. The Labute approximate surface area is 163 Å². The van der Waals surface area contributed by atoms with Gasteiger partial charge in [0.1, 0.15) is 5.75 Å². The zero-order valence-corrected chi connectivity index (χ0v) is 16.4. The summed E-state index contributed by atoms with van der Waals surface area (Å²) >= 11 is 1.65. The average Bonchev–Trinajstić information content (AvgIpc) is 2.68. The van der Waals surface area contributed by atoms with Gasteiger partial charge >= 0.3 is 5.97 Å². The average molecular weight is 385 g/mol. The Balaban J connectivity index is 1.91. The van der Waals surface area contributed by atoms with Crippen LogP contribution in [0.3, 0.4) is 0 Å². The van der Waals surface area contributed by atoms with Gasteiger partial charge in [-0.15, -0.1) is 11.8 Å². The number of nitrogens with one attached hydrogen (secondary N) is 1. The molecular weight excluding hydrogens is 362 g/mol. The van der Waals surface area contributed by atoms with Gasteiger partial charge in [0, 0.05) is 11.0 Å². The van der Waals surface area contributed by atoms with E-state index in [0.29, 0.717) is 18.0 Å². The second-order valence-electron chi connectivity index (χ2n) is 5.60. The van der Waals surface area contributed by atoms with Crippen molar-refractivity contribution in [3.8, 4) is 5.75 Å². The van der Waals surface area contributed by atoms with Gasteiger partial charge in [-0.2, -0.15) is 0 Å². The van der Waals surface area contributed by atoms with Crippen molar-refractivity contribution in [3.05, 3.63) is 60.2 Å². The minimum absolute atomic E-state index is 0.423. The van der Waals surface area contributed by atoms with Gasteiger partial charge in [-0.05, 0) is 56.0 Å². The molecule has 142 valence electrons. The molecule has 0 aliphatic rings. The van der Waals surface area contributed by atoms with Crippen molar-refractivity contribution >= 4 is 35.4 Å². The van der Waals surface area contributed by atoms with E-state index in [0.717, 1.165) is 10.5 Å². The van der Waals surface area contributed by atoms with Gasteiger partial charge in [-0.1, -0.05) is 24.3 Å². The van der Waals surface area contributed by atoms with Crippen molar-refractivity contribution in [2.24, 2.45) is 0 Å². The lowest BCUT2D eigenvalue weighted by atomic mass is 10.2. The standard InChI is InChI=1S/C21H23NO4S/c1-4-25-19-8-6-5-7-18(19)22-21(24)15(2)26-20(23)14-11-16-9-12-17(27-3)13-10-16/h5-15H,4H2,1-3H3,(H,22,24)/b14-11+/t15-/m1/s1. The van der Waals surface area contributed by atoms with Gasteiger partial charge in [0.15, 0.2) is 6.10 Å². The van der Waals surface area contributed by atoms with Crippen LogP contribution in [0.1, 0.15) is 19.4 Å². The third kappa shape index (κ3) is 6.49. The van der Waals surface area contributed by atoms with Gasteiger partial charge < -0.3 is 14.8 Å². The summed E-state index contributed by atoms with van der Waals surface area (Å²) in [7, 11) is 0. The van der Waals surface area contributed by atoms with Gasteiger partial charge in [0.25, 0.3) is 5.91 Å². The van der Waals surface area contributed by atoms with Gasteiger partial charge in [-0.25, -0.2) is 4.79 Å². The molecule has 0 saturated carbocycles. The van der Waals surface area contributed by atoms with E-state index in [1.807, 2.05) is 43.5 Å². The van der Waals surface area contributed by atoms with Crippen LogP contribution in [0.2, 0.25) is 0 Å². The molecule has 0 aliphatic carbocycles. The Kier molecular flexibility index (Phi) is 7.95. The predicted octanol–water partition coefficient (Wildman–Crippen LogP) is 4.39. The molecular formula is C21H23NO4S. The van der Waals surface area contributed by atoms with E-state index in [9.17, 15) is 9.59 Å². The van der Waals surface area contributed by atoms with Crippen LogP contribution in [0.4, 0.5) is 5.69 Å². The fourth-order valence-corrected chi connectivity index (χ4v) is 2.64. The zero-order valence-electron chi connectivity index (χ0n) is 15.6. The first-order valence-electron chi connectivity index (χ1n) is 8.59. The molecule has 0 fully saturated rings. The van der Waals surface area contributed by atoms with Crippen LogP contribution in [-0.4, -0.2) is 30.8 Å². The fraction of sp³-hybridized carbons (Fsp3) is 0.238. The summed E-state index contributed by atoms with van der Waals surface area (Å²) in [5.41, 5.74) is 1.42. The van der Waals surface area contributed by atoms with Gasteiger partial charge in [-0.3, -0.25) is 4.79 Å². The lowest BCUT2D eigenvalue weighted by Crippen LogP contribution is -2.29. The lowest BCUT2D eigenvalue weighted by Gasteiger charge is -2.15. The van der Waals surface area contributed by atoms with Gasteiger partial charge in [0.05, 0.1) is 12.3 Å². The van der Waals surface area contributed by atoms with Crippen LogP contribution in [0.25, 0.3) is 6.08 Å². The molecule has 1 atom stereocenters. The molecule has 6 heteroatoms. The second kappa shape index (κ2) is 10.4. The second-order valence-corrected chi connectivity index (χ2v) is 6.48. The molecule has 0 unspecified atom stereocenters. The molecule has 0 aromatic heterocycles. The third-order valence-electron chi connectivity index (χ3n) is 3.63. The molecule has 27 heavy (non-hydrogen) atoms. The van der Waals surface area contributed by atoms with Crippen LogP contribution in [0, 0.1) is 0 Å². The van der Waals surface area contributed by atoms with Crippen LogP contribution in [0.15, 0.2) is 59.5 Å². The maximum atomic E-state index is 12.3.